The first kappa shape index (κ1) is 17.3. The number of rotatable bonds is 4. The Morgan fingerprint density at radius 1 is 1.20 bits per heavy atom. The number of carbonyl (C=O) groups excluding carboxylic acids is 3. The molecule has 7 heteroatoms. The third-order valence-corrected chi connectivity index (χ3v) is 4.79. The van der Waals surface area contributed by atoms with Gasteiger partial charge in [0, 0.05) is 0 Å². The van der Waals surface area contributed by atoms with Crippen molar-refractivity contribution in [1.29, 1.82) is 0 Å². The van der Waals surface area contributed by atoms with Crippen LogP contribution in [0.4, 0.5) is 4.79 Å². The number of hydrogen-bond acceptors (Lipinski definition) is 4. The van der Waals surface area contributed by atoms with E-state index in [9.17, 15) is 14.4 Å². The second-order valence-corrected chi connectivity index (χ2v) is 6.76. The SMILES string of the molecule is Cc1ccc(O[C@@H](C)C(=O)NN2C(=O)NC3(CCCCC3)C2=O)cc1. The predicted molar refractivity (Wildman–Crippen MR) is 90.6 cm³/mol. The van der Waals surface area contributed by atoms with Crippen molar-refractivity contribution in [2.75, 3.05) is 0 Å². The lowest BCUT2D eigenvalue weighted by Gasteiger charge is -2.30. The minimum atomic E-state index is -0.857. The van der Waals surface area contributed by atoms with E-state index in [4.69, 9.17) is 4.74 Å². The third-order valence-electron chi connectivity index (χ3n) is 4.79. The summed E-state index contributed by atoms with van der Waals surface area (Å²) < 4.78 is 5.57. The smallest absolute Gasteiger partial charge is 0.344 e. The van der Waals surface area contributed by atoms with Crippen molar-refractivity contribution in [3.63, 3.8) is 0 Å². The van der Waals surface area contributed by atoms with Gasteiger partial charge in [-0.05, 0) is 38.8 Å². The number of ether oxygens (including phenoxy) is 1. The van der Waals surface area contributed by atoms with Gasteiger partial charge in [0.2, 0.25) is 0 Å². The van der Waals surface area contributed by atoms with Gasteiger partial charge in [0.25, 0.3) is 11.8 Å². The molecule has 1 saturated heterocycles. The highest BCUT2D eigenvalue weighted by atomic mass is 16.5. The summed E-state index contributed by atoms with van der Waals surface area (Å²) in [6.07, 6.45) is 3.21. The Hall–Kier alpha value is -2.57. The van der Waals surface area contributed by atoms with E-state index in [1.807, 2.05) is 19.1 Å². The Balaban J connectivity index is 1.62. The topological polar surface area (TPSA) is 87.7 Å². The monoisotopic (exact) mass is 345 g/mol. The minimum absolute atomic E-state index is 0.381. The van der Waals surface area contributed by atoms with Crippen LogP contribution in [0.1, 0.15) is 44.6 Å². The summed E-state index contributed by atoms with van der Waals surface area (Å²) in [6, 6.07) is 6.71. The number of nitrogens with zero attached hydrogens (tertiary/aromatic N) is 1. The molecular formula is C18H23N3O4. The average molecular weight is 345 g/mol. The van der Waals surface area contributed by atoms with E-state index >= 15 is 0 Å². The summed E-state index contributed by atoms with van der Waals surface area (Å²) in [4.78, 5) is 37.1. The van der Waals surface area contributed by atoms with E-state index in [1.165, 1.54) is 0 Å². The number of aryl methyl sites for hydroxylation is 1. The molecule has 1 spiro atoms. The Morgan fingerprint density at radius 3 is 2.48 bits per heavy atom. The number of imide groups is 1. The van der Waals surface area contributed by atoms with E-state index in [0.29, 0.717) is 18.6 Å². The van der Waals surface area contributed by atoms with Gasteiger partial charge in [0.15, 0.2) is 6.10 Å². The highest BCUT2D eigenvalue weighted by Crippen LogP contribution is 2.33. The van der Waals surface area contributed by atoms with Gasteiger partial charge in [0.1, 0.15) is 11.3 Å². The average Bonchev–Trinajstić information content (AvgIpc) is 2.81. The van der Waals surface area contributed by atoms with E-state index in [2.05, 4.69) is 10.7 Å². The molecule has 3 rings (SSSR count). The molecule has 1 atom stereocenters. The lowest BCUT2D eigenvalue weighted by Crippen LogP contribution is -2.53. The molecule has 1 aliphatic heterocycles. The van der Waals surface area contributed by atoms with Crippen LogP contribution in [0.3, 0.4) is 0 Å². The summed E-state index contributed by atoms with van der Waals surface area (Å²) in [5, 5.41) is 3.55. The second kappa shape index (κ2) is 6.74. The zero-order chi connectivity index (χ0) is 18.0. The molecule has 0 bridgehead atoms. The van der Waals surface area contributed by atoms with Crippen LogP contribution in [0.25, 0.3) is 0 Å². The quantitative estimate of drug-likeness (QED) is 0.818. The minimum Gasteiger partial charge on any atom is -0.481 e. The van der Waals surface area contributed by atoms with Crippen molar-refractivity contribution in [3.8, 4) is 5.75 Å². The van der Waals surface area contributed by atoms with Crippen molar-refractivity contribution >= 4 is 17.8 Å². The van der Waals surface area contributed by atoms with Gasteiger partial charge >= 0.3 is 6.03 Å². The summed E-state index contributed by atoms with van der Waals surface area (Å²) in [7, 11) is 0. The molecule has 2 N–H and O–H groups in total. The lowest BCUT2D eigenvalue weighted by atomic mass is 9.82. The van der Waals surface area contributed by atoms with Crippen molar-refractivity contribution in [2.45, 2.75) is 57.6 Å². The molecule has 0 radical (unpaired) electrons. The fourth-order valence-electron chi connectivity index (χ4n) is 3.29. The Bertz CT molecular complexity index is 680. The number of nitrogens with one attached hydrogen (secondary N) is 2. The summed E-state index contributed by atoms with van der Waals surface area (Å²) in [5.41, 5.74) is 2.62. The van der Waals surface area contributed by atoms with Crippen LogP contribution in [-0.2, 0) is 9.59 Å². The number of hydrogen-bond donors (Lipinski definition) is 2. The molecule has 134 valence electrons. The van der Waals surface area contributed by atoms with E-state index < -0.39 is 23.6 Å². The number of hydrazine groups is 1. The van der Waals surface area contributed by atoms with Crippen molar-refractivity contribution in [2.24, 2.45) is 0 Å². The molecule has 7 nitrogen and oxygen atoms in total. The molecule has 4 amide bonds. The van der Waals surface area contributed by atoms with E-state index in [1.54, 1.807) is 19.1 Å². The van der Waals surface area contributed by atoms with Gasteiger partial charge in [-0.1, -0.05) is 37.0 Å². The fourth-order valence-corrected chi connectivity index (χ4v) is 3.29. The number of carbonyl (C=O) groups is 3. The van der Waals surface area contributed by atoms with E-state index in [-0.39, 0.29) is 5.91 Å². The molecular weight excluding hydrogens is 322 g/mol. The maximum absolute atomic E-state index is 12.6. The first-order chi connectivity index (χ1) is 11.9. The molecule has 0 aromatic heterocycles. The fraction of sp³-hybridized carbons (Fsp3) is 0.500. The summed E-state index contributed by atoms with van der Waals surface area (Å²) >= 11 is 0. The van der Waals surface area contributed by atoms with Gasteiger partial charge in [-0.15, -0.1) is 0 Å². The van der Waals surface area contributed by atoms with Gasteiger partial charge < -0.3 is 10.1 Å². The largest absolute Gasteiger partial charge is 0.481 e. The molecule has 2 fully saturated rings. The second-order valence-electron chi connectivity index (χ2n) is 6.76. The molecule has 2 aliphatic rings. The van der Waals surface area contributed by atoms with Gasteiger partial charge in [0.05, 0.1) is 0 Å². The van der Waals surface area contributed by atoms with Crippen molar-refractivity contribution < 1.29 is 19.1 Å². The molecule has 25 heavy (non-hydrogen) atoms. The van der Waals surface area contributed by atoms with Crippen LogP contribution >= 0.6 is 0 Å². The molecule has 1 aromatic carbocycles. The van der Waals surface area contributed by atoms with Crippen molar-refractivity contribution in [3.05, 3.63) is 29.8 Å². The number of benzene rings is 1. The van der Waals surface area contributed by atoms with Crippen molar-refractivity contribution in [1.82, 2.24) is 15.8 Å². The van der Waals surface area contributed by atoms with Crippen LogP contribution in [0.15, 0.2) is 24.3 Å². The zero-order valence-corrected chi connectivity index (χ0v) is 14.5. The van der Waals surface area contributed by atoms with Gasteiger partial charge in [-0.2, -0.15) is 5.01 Å². The first-order valence-electron chi connectivity index (χ1n) is 8.62. The normalized spacial score (nSPS) is 20.3. The van der Waals surface area contributed by atoms with Crippen LogP contribution in [0, 0.1) is 6.92 Å². The third kappa shape index (κ3) is 3.45. The highest BCUT2D eigenvalue weighted by Gasteiger charge is 2.52. The van der Waals surface area contributed by atoms with Gasteiger partial charge in [-0.3, -0.25) is 15.0 Å². The maximum Gasteiger partial charge on any atom is 0.344 e. The molecule has 0 unspecified atom stereocenters. The van der Waals surface area contributed by atoms with Crippen LogP contribution < -0.4 is 15.5 Å². The standard InChI is InChI=1S/C18H23N3O4/c1-12-6-8-14(9-7-12)25-13(2)15(22)20-21-16(23)18(19-17(21)24)10-4-3-5-11-18/h6-9,13H,3-5,10-11H2,1-2H3,(H,19,24)(H,20,22)/t13-/m0/s1. The predicted octanol–water partition coefficient (Wildman–Crippen LogP) is 2.05. The molecule has 1 aromatic rings. The Kier molecular flexibility index (Phi) is 4.65. The Labute approximate surface area is 146 Å². The van der Waals surface area contributed by atoms with Crippen LogP contribution in [-0.4, -0.2) is 34.5 Å². The number of urea groups is 1. The van der Waals surface area contributed by atoms with E-state index in [0.717, 1.165) is 29.8 Å². The zero-order valence-electron chi connectivity index (χ0n) is 14.5. The highest BCUT2D eigenvalue weighted by molar-refractivity contribution is 6.08. The summed E-state index contributed by atoms with van der Waals surface area (Å²) in [5.74, 6) is -0.376. The molecule has 1 saturated carbocycles. The summed E-state index contributed by atoms with van der Waals surface area (Å²) in [6.45, 7) is 3.53. The Morgan fingerprint density at radius 2 is 1.84 bits per heavy atom. The number of amides is 4. The van der Waals surface area contributed by atoms with Gasteiger partial charge in [-0.25, -0.2) is 4.79 Å². The molecule has 1 aliphatic carbocycles. The van der Waals surface area contributed by atoms with Crippen LogP contribution in [0.2, 0.25) is 0 Å². The molecule has 1 heterocycles. The van der Waals surface area contributed by atoms with Crippen LogP contribution in [0.5, 0.6) is 5.75 Å². The first-order valence-corrected chi connectivity index (χ1v) is 8.62. The lowest BCUT2D eigenvalue weighted by molar-refractivity contribution is -0.142. The maximum atomic E-state index is 12.6.